The maximum Gasteiger partial charge on any atom is 0.182 e. The summed E-state index contributed by atoms with van der Waals surface area (Å²) in [5.74, 6) is 0.741. The van der Waals surface area contributed by atoms with Crippen molar-refractivity contribution < 1.29 is 4.79 Å². The molecule has 0 bridgehead atoms. The summed E-state index contributed by atoms with van der Waals surface area (Å²) in [6, 6.07) is 22.2. The Hall–Kier alpha value is -2.62. The van der Waals surface area contributed by atoms with Crippen molar-refractivity contribution >= 4 is 40.0 Å². The fourth-order valence-corrected chi connectivity index (χ4v) is 3.18. The molecule has 3 nitrogen and oxygen atoms in total. The van der Waals surface area contributed by atoms with E-state index >= 15 is 0 Å². The molecular weight excluding hydrogens is 367 g/mol. The van der Waals surface area contributed by atoms with Crippen molar-refractivity contribution in [3.8, 4) is 11.4 Å². The van der Waals surface area contributed by atoms with Crippen LogP contribution in [0.4, 0.5) is 0 Å². The highest BCUT2D eigenvalue weighted by molar-refractivity contribution is 6.31. The van der Waals surface area contributed by atoms with Crippen LogP contribution in [0.3, 0.4) is 0 Å². The Morgan fingerprint density at radius 1 is 0.846 bits per heavy atom. The molecule has 0 saturated carbocycles. The van der Waals surface area contributed by atoms with E-state index in [1.165, 1.54) is 0 Å². The van der Waals surface area contributed by atoms with Crippen molar-refractivity contribution in [1.82, 2.24) is 9.55 Å². The highest BCUT2D eigenvalue weighted by atomic mass is 35.5. The number of benzene rings is 3. The number of halogens is 2. The zero-order valence-corrected chi connectivity index (χ0v) is 15.2. The molecule has 0 aliphatic carbocycles. The van der Waals surface area contributed by atoms with Crippen molar-refractivity contribution in [2.45, 2.75) is 6.54 Å². The van der Waals surface area contributed by atoms with Gasteiger partial charge in [-0.1, -0.05) is 35.3 Å². The first-order chi connectivity index (χ1) is 12.6. The lowest BCUT2D eigenvalue weighted by atomic mass is 10.1. The number of rotatable bonds is 4. The number of carbonyl (C=O) groups is 1. The molecule has 1 aromatic heterocycles. The molecule has 0 aliphatic heterocycles. The van der Waals surface area contributed by atoms with Crippen LogP contribution in [-0.4, -0.2) is 15.3 Å². The molecule has 5 heteroatoms. The fourth-order valence-electron chi connectivity index (χ4n) is 2.93. The number of fused-ring (bicyclic) bond motifs is 1. The number of hydrogen-bond donors (Lipinski definition) is 0. The summed E-state index contributed by atoms with van der Waals surface area (Å²) in [6.07, 6.45) is 0. The standard InChI is InChI=1S/C21H14Cl2N2O/c22-16-9-5-14(6-10-16)20(26)13-25-19-4-2-1-3-18(19)24-21(25)15-7-11-17(23)12-8-15/h1-12H,13H2. The number of imidazole rings is 1. The molecule has 26 heavy (non-hydrogen) atoms. The zero-order valence-electron chi connectivity index (χ0n) is 13.7. The average Bonchev–Trinajstić information content (AvgIpc) is 3.01. The molecule has 0 radical (unpaired) electrons. The molecule has 0 unspecified atom stereocenters. The Kier molecular flexibility index (Phi) is 4.49. The van der Waals surface area contributed by atoms with E-state index in [0.717, 1.165) is 22.4 Å². The summed E-state index contributed by atoms with van der Waals surface area (Å²) in [6.45, 7) is 0.195. The number of aromatic nitrogens is 2. The highest BCUT2D eigenvalue weighted by Gasteiger charge is 2.16. The van der Waals surface area contributed by atoms with Crippen LogP contribution < -0.4 is 0 Å². The Bertz CT molecular complexity index is 1080. The number of ketones is 1. The van der Waals surface area contributed by atoms with E-state index in [-0.39, 0.29) is 12.3 Å². The number of Topliss-reactive ketones (excluding diaryl/α,β-unsaturated/α-hetero) is 1. The summed E-state index contributed by atoms with van der Waals surface area (Å²) in [4.78, 5) is 17.5. The monoisotopic (exact) mass is 380 g/mol. The van der Waals surface area contributed by atoms with Gasteiger partial charge >= 0.3 is 0 Å². The maximum atomic E-state index is 12.8. The second kappa shape index (κ2) is 6.94. The molecular formula is C21H14Cl2N2O. The van der Waals surface area contributed by atoms with Crippen LogP contribution in [0.25, 0.3) is 22.4 Å². The van der Waals surface area contributed by atoms with Gasteiger partial charge in [-0.05, 0) is 60.7 Å². The van der Waals surface area contributed by atoms with Gasteiger partial charge in [-0.2, -0.15) is 0 Å². The van der Waals surface area contributed by atoms with Gasteiger partial charge in [0.2, 0.25) is 0 Å². The van der Waals surface area contributed by atoms with Crippen molar-refractivity contribution in [1.29, 1.82) is 0 Å². The van der Waals surface area contributed by atoms with Crippen LogP contribution in [0, 0.1) is 0 Å². The predicted molar refractivity (Wildman–Crippen MR) is 106 cm³/mol. The molecule has 0 aliphatic rings. The van der Waals surface area contributed by atoms with E-state index < -0.39 is 0 Å². The lowest BCUT2D eigenvalue weighted by molar-refractivity contribution is 0.0974. The Balaban J connectivity index is 1.79. The molecule has 128 valence electrons. The molecule has 3 aromatic carbocycles. The van der Waals surface area contributed by atoms with Gasteiger partial charge in [0, 0.05) is 21.2 Å². The van der Waals surface area contributed by atoms with Crippen LogP contribution in [-0.2, 0) is 6.54 Å². The van der Waals surface area contributed by atoms with Gasteiger partial charge in [0.1, 0.15) is 5.82 Å². The summed E-state index contributed by atoms with van der Waals surface area (Å²) in [5, 5.41) is 1.27. The van der Waals surface area contributed by atoms with E-state index in [2.05, 4.69) is 0 Å². The Morgan fingerprint density at radius 2 is 1.46 bits per heavy atom. The van der Waals surface area contributed by atoms with E-state index in [0.29, 0.717) is 15.6 Å². The maximum absolute atomic E-state index is 12.8. The minimum Gasteiger partial charge on any atom is -0.316 e. The molecule has 4 aromatic rings. The number of para-hydroxylation sites is 2. The SMILES string of the molecule is O=C(Cn1c(-c2ccc(Cl)cc2)nc2ccccc21)c1ccc(Cl)cc1. The molecule has 0 fully saturated rings. The number of nitrogens with zero attached hydrogens (tertiary/aromatic N) is 2. The molecule has 0 N–H and O–H groups in total. The molecule has 0 atom stereocenters. The van der Waals surface area contributed by atoms with Crippen molar-refractivity contribution in [3.05, 3.63) is 88.4 Å². The first kappa shape index (κ1) is 16.8. The van der Waals surface area contributed by atoms with Gasteiger partial charge in [-0.25, -0.2) is 4.98 Å². The lowest BCUT2D eigenvalue weighted by Crippen LogP contribution is -2.11. The molecule has 0 saturated heterocycles. The van der Waals surface area contributed by atoms with Crippen molar-refractivity contribution in [3.63, 3.8) is 0 Å². The Morgan fingerprint density at radius 3 is 2.15 bits per heavy atom. The van der Waals surface area contributed by atoms with Gasteiger partial charge < -0.3 is 4.57 Å². The molecule has 4 rings (SSSR count). The fraction of sp³-hybridized carbons (Fsp3) is 0.0476. The largest absolute Gasteiger partial charge is 0.316 e. The third-order valence-electron chi connectivity index (χ3n) is 4.22. The summed E-state index contributed by atoms with van der Waals surface area (Å²) >= 11 is 11.9. The topological polar surface area (TPSA) is 34.9 Å². The van der Waals surface area contributed by atoms with Crippen LogP contribution in [0.2, 0.25) is 10.0 Å². The third-order valence-corrected chi connectivity index (χ3v) is 4.73. The minimum absolute atomic E-state index is 0.0000308. The highest BCUT2D eigenvalue weighted by Crippen LogP contribution is 2.26. The first-order valence-corrected chi connectivity index (χ1v) is 8.87. The molecule has 0 spiro atoms. The summed E-state index contributed by atoms with van der Waals surface area (Å²) < 4.78 is 1.94. The number of hydrogen-bond acceptors (Lipinski definition) is 2. The first-order valence-electron chi connectivity index (χ1n) is 8.12. The van der Waals surface area contributed by atoms with Crippen LogP contribution >= 0.6 is 23.2 Å². The zero-order chi connectivity index (χ0) is 18.1. The van der Waals surface area contributed by atoms with Crippen LogP contribution in [0.1, 0.15) is 10.4 Å². The molecule has 1 heterocycles. The van der Waals surface area contributed by atoms with Crippen LogP contribution in [0.5, 0.6) is 0 Å². The van der Waals surface area contributed by atoms with Crippen molar-refractivity contribution in [2.75, 3.05) is 0 Å². The van der Waals surface area contributed by atoms with E-state index in [1.54, 1.807) is 24.3 Å². The van der Waals surface area contributed by atoms with E-state index in [1.807, 2.05) is 53.1 Å². The van der Waals surface area contributed by atoms with E-state index in [9.17, 15) is 4.79 Å². The summed E-state index contributed by atoms with van der Waals surface area (Å²) in [7, 11) is 0. The van der Waals surface area contributed by atoms with Gasteiger partial charge in [0.15, 0.2) is 5.78 Å². The van der Waals surface area contributed by atoms with Gasteiger partial charge in [-0.3, -0.25) is 4.79 Å². The van der Waals surface area contributed by atoms with Gasteiger partial charge in [-0.15, -0.1) is 0 Å². The van der Waals surface area contributed by atoms with Crippen LogP contribution in [0.15, 0.2) is 72.8 Å². The average molecular weight is 381 g/mol. The third kappa shape index (κ3) is 3.24. The normalized spacial score (nSPS) is 11.0. The second-order valence-corrected chi connectivity index (χ2v) is 6.82. The Labute approximate surface area is 160 Å². The number of carbonyl (C=O) groups excluding carboxylic acids is 1. The van der Waals surface area contributed by atoms with E-state index in [4.69, 9.17) is 28.2 Å². The molecule has 0 amide bonds. The van der Waals surface area contributed by atoms with Gasteiger partial charge in [0.05, 0.1) is 17.6 Å². The predicted octanol–water partition coefficient (Wildman–Crippen LogP) is 5.89. The second-order valence-electron chi connectivity index (χ2n) is 5.95. The van der Waals surface area contributed by atoms with Gasteiger partial charge in [0.25, 0.3) is 0 Å². The smallest absolute Gasteiger partial charge is 0.182 e. The minimum atomic E-state index is 0.0000308. The lowest BCUT2D eigenvalue weighted by Gasteiger charge is -2.09. The van der Waals surface area contributed by atoms with Crippen molar-refractivity contribution in [2.24, 2.45) is 0 Å². The summed E-state index contributed by atoms with van der Waals surface area (Å²) in [5.41, 5.74) is 3.30. The quantitative estimate of drug-likeness (QED) is 0.413.